The van der Waals surface area contributed by atoms with Gasteiger partial charge in [0.1, 0.15) is 9.88 Å². The molecule has 6 nitrogen and oxygen atoms in total. The molecule has 2 heterocycles. The standard InChI is InChI=1S/C12H17N3O3S/c1-6-3-13-4-8(6)11(16)14-5-9-15-7(2)10(19-9)12(17)18/h6,8,13H,3-5H2,1-2H3,(H,14,16)(H,17,18)/t6-,8-/m1/s1. The highest BCUT2D eigenvalue weighted by molar-refractivity contribution is 7.13. The number of aromatic nitrogens is 1. The Kier molecular flexibility index (Phi) is 4.16. The minimum absolute atomic E-state index is 0.00206. The number of aromatic carboxylic acids is 1. The monoisotopic (exact) mass is 283 g/mol. The van der Waals surface area contributed by atoms with Crippen molar-refractivity contribution in [3.63, 3.8) is 0 Å². The van der Waals surface area contributed by atoms with Crippen LogP contribution in [0.3, 0.4) is 0 Å². The van der Waals surface area contributed by atoms with Gasteiger partial charge in [-0.15, -0.1) is 11.3 Å². The van der Waals surface area contributed by atoms with Crippen LogP contribution < -0.4 is 10.6 Å². The van der Waals surface area contributed by atoms with Gasteiger partial charge in [-0.2, -0.15) is 0 Å². The molecule has 0 unspecified atom stereocenters. The molecule has 1 aliphatic heterocycles. The summed E-state index contributed by atoms with van der Waals surface area (Å²) >= 11 is 1.11. The van der Waals surface area contributed by atoms with Crippen LogP contribution >= 0.6 is 11.3 Å². The number of nitrogens with zero attached hydrogens (tertiary/aromatic N) is 1. The predicted molar refractivity (Wildman–Crippen MR) is 71.2 cm³/mol. The number of nitrogens with one attached hydrogen (secondary N) is 2. The van der Waals surface area contributed by atoms with Gasteiger partial charge in [0.2, 0.25) is 5.91 Å². The van der Waals surface area contributed by atoms with Crippen molar-refractivity contribution in [2.45, 2.75) is 20.4 Å². The smallest absolute Gasteiger partial charge is 0.347 e. The van der Waals surface area contributed by atoms with Crippen LogP contribution in [0, 0.1) is 18.8 Å². The third-order valence-electron chi connectivity index (χ3n) is 3.30. The first-order chi connectivity index (χ1) is 8.99. The highest BCUT2D eigenvalue weighted by Crippen LogP contribution is 2.19. The zero-order chi connectivity index (χ0) is 14.0. The fourth-order valence-electron chi connectivity index (χ4n) is 2.18. The molecule has 7 heteroatoms. The van der Waals surface area contributed by atoms with Crippen LogP contribution in [0.1, 0.15) is 27.3 Å². The molecule has 104 valence electrons. The molecule has 19 heavy (non-hydrogen) atoms. The van der Waals surface area contributed by atoms with E-state index in [4.69, 9.17) is 5.11 Å². The van der Waals surface area contributed by atoms with Gasteiger partial charge in [-0.05, 0) is 19.4 Å². The molecule has 1 saturated heterocycles. The zero-order valence-electron chi connectivity index (χ0n) is 10.9. The van der Waals surface area contributed by atoms with Gasteiger partial charge in [0.05, 0.1) is 18.2 Å². The van der Waals surface area contributed by atoms with Gasteiger partial charge in [-0.1, -0.05) is 6.92 Å². The van der Waals surface area contributed by atoms with E-state index in [-0.39, 0.29) is 16.7 Å². The average Bonchev–Trinajstić information content (AvgIpc) is 2.92. The molecule has 0 aromatic carbocycles. The van der Waals surface area contributed by atoms with Crippen molar-refractivity contribution in [2.24, 2.45) is 11.8 Å². The van der Waals surface area contributed by atoms with Crippen LogP contribution in [-0.2, 0) is 11.3 Å². The van der Waals surface area contributed by atoms with Gasteiger partial charge in [0.25, 0.3) is 0 Å². The lowest BCUT2D eigenvalue weighted by Crippen LogP contribution is -2.33. The van der Waals surface area contributed by atoms with Crippen LogP contribution in [0.2, 0.25) is 0 Å². The molecule has 0 radical (unpaired) electrons. The van der Waals surface area contributed by atoms with Crippen LogP contribution in [0.5, 0.6) is 0 Å². The number of carboxylic acid groups (broad SMARTS) is 1. The first-order valence-electron chi connectivity index (χ1n) is 6.17. The van der Waals surface area contributed by atoms with Gasteiger partial charge >= 0.3 is 5.97 Å². The maximum absolute atomic E-state index is 12.0. The van der Waals surface area contributed by atoms with Crippen molar-refractivity contribution >= 4 is 23.2 Å². The number of rotatable bonds is 4. The second-order valence-electron chi connectivity index (χ2n) is 4.79. The number of aryl methyl sites for hydroxylation is 1. The Labute approximate surface area is 115 Å². The number of hydrogen-bond donors (Lipinski definition) is 3. The summed E-state index contributed by atoms with van der Waals surface area (Å²) in [6, 6.07) is 0. The van der Waals surface area contributed by atoms with Crippen molar-refractivity contribution in [1.29, 1.82) is 0 Å². The largest absolute Gasteiger partial charge is 0.477 e. The van der Waals surface area contributed by atoms with E-state index in [2.05, 4.69) is 15.6 Å². The van der Waals surface area contributed by atoms with Crippen molar-refractivity contribution in [3.8, 4) is 0 Å². The Hall–Kier alpha value is -1.47. The molecule has 1 fully saturated rings. The molecule has 1 aliphatic rings. The van der Waals surface area contributed by atoms with Crippen LogP contribution in [0.4, 0.5) is 0 Å². The average molecular weight is 283 g/mol. The lowest BCUT2D eigenvalue weighted by atomic mass is 9.97. The second kappa shape index (κ2) is 5.66. The van der Waals surface area contributed by atoms with Gasteiger partial charge in [-0.3, -0.25) is 4.79 Å². The molecule has 1 amide bonds. The van der Waals surface area contributed by atoms with Crippen molar-refractivity contribution in [1.82, 2.24) is 15.6 Å². The third kappa shape index (κ3) is 3.10. The number of carboxylic acids is 1. The SMILES string of the molecule is Cc1nc(CNC(=O)[C@@H]2CNC[C@H]2C)sc1C(=O)O. The van der Waals surface area contributed by atoms with Gasteiger partial charge in [0, 0.05) is 6.54 Å². The van der Waals surface area contributed by atoms with Crippen molar-refractivity contribution in [2.75, 3.05) is 13.1 Å². The quantitative estimate of drug-likeness (QED) is 0.753. The lowest BCUT2D eigenvalue weighted by molar-refractivity contribution is -0.125. The molecule has 2 rings (SSSR count). The van der Waals surface area contributed by atoms with E-state index in [1.165, 1.54) is 0 Å². The van der Waals surface area contributed by atoms with Crippen LogP contribution in [0.15, 0.2) is 0 Å². The van der Waals surface area contributed by atoms with Gasteiger partial charge in [-0.25, -0.2) is 9.78 Å². The summed E-state index contributed by atoms with van der Waals surface area (Å²) in [6.07, 6.45) is 0. The van der Waals surface area contributed by atoms with Crippen LogP contribution in [-0.4, -0.2) is 35.1 Å². The van der Waals surface area contributed by atoms with E-state index < -0.39 is 5.97 Å². The zero-order valence-corrected chi connectivity index (χ0v) is 11.7. The summed E-state index contributed by atoms with van der Waals surface area (Å²) in [5, 5.41) is 15.6. The topological polar surface area (TPSA) is 91.3 Å². The first kappa shape index (κ1) is 14.0. The summed E-state index contributed by atoms with van der Waals surface area (Å²) in [7, 11) is 0. The molecule has 0 spiro atoms. The lowest BCUT2D eigenvalue weighted by Gasteiger charge is -2.13. The van der Waals surface area contributed by atoms with Gasteiger partial charge in [0.15, 0.2) is 0 Å². The maximum Gasteiger partial charge on any atom is 0.347 e. The van der Waals surface area contributed by atoms with E-state index >= 15 is 0 Å². The maximum atomic E-state index is 12.0. The number of carbonyl (C=O) groups excluding carboxylic acids is 1. The van der Waals surface area contributed by atoms with Crippen molar-refractivity contribution in [3.05, 3.63) is 15.6 Å². The molecule has 3 N–H and O–H groups in total. The molecule has 0 aliphatic carbocycles. The minimum Gasteiger partial charge on any atom is -0.477 e. The molecule has 2 atom stereocenters. The number of amides is 1. The Morgan fingerprint density at radius 2 is 2.26 bits per heavy atom. The summed E-state index contributed by atoms with van der Waals surface area (Å²) in [4.78, 5) is 27.3. The van der Waals surface area contributed by atoms with E-state index in [0.29, 0.717) is 29.7 Å². The Morgan fingerprint density at radius 1 is 1.53 bits per heavy atom. The van der Waals surface area contributed by atoms with E-state index in [1.54, 1.807) is 6.92 Å². The molecular weight excluding hydrogens is 266 g/mol. The third-order valence-corrected chi connectivity index (χ3v) is 4.45. The first-order valence-corrected chi connectivity index (χ1v) is 6.98. The highest BCUT2D eigenvalue weighted by Gasteiger charge is 2.29. The fraction of sp³-hybridized carbons (Fsp3) is 0.583. The van der Waals surface area contributed by atoms with Crippen LogP contribution in [0.25, 0.3) is 0 Å². The summed E-state index contributed by atoms with van der Waals surface area (Å²) in [5.41, 5.74) is 0.498. The fourth-order valence-corrected chi connectivity index (χ4v) is 3.02. The Bertz CT molecular complexity index is 500. The summed E-state index contributed by atoms with van der Waals surface area (Å²) < 4.78 is 0. The van der Waals surface area contributed by atoms with Gasteiger partial charge < -0.3 is 15.7 Å². The van der Waals surface area contributed by atoms with E-state index in [9.17, 15) is 9.59 Å². The Balaban J connectivity index is 1.93. The van der Waals surface area contributed by atoms with E-state index in [1.807, 2.05) is 6.92 Å². The summed E-state index contributed by atoms with van der Waals surface area (Å²) in [5.74, 6) is -0.656. The predicted octanol–water partition coefficient (Wildman–Crippen LogP) is 0.621. The Morgan fingerprint density at radius 3 is 2.79 bits per heavy atom. The molecule has 1 aromatic heterocycles. The van der Waals surface area contributed by atoms with Crippen molar-refractivity contribution < 1.29 is 14.7 Å². The molecular formula is C12H17N3O3S. The number of thiazole rings is 1. The number of hydrogen-bond acceptors (Lipinski definition) is 5. The summed E-state index contributed by atoms with van der Waals surface area (Å²) in [6.45, 7) is 5.55. The second-order valence-corrected chi connectivity index (χ2v) is 5.87. The number of carbonyl (C=O) groups is 2. The molecule has 0 saturated carbocycles. The minimum atomic E-state index is -0.971. The van der Waals surface area contributed by atoms with E-state index in [0.717, 1.165) is 17.9 Å². The highest BCUT2D eigenvalue weighted by atomic mass is 32.1. The molecule has 0 bridgehead atoms. The normalized spacial score (nSPS) is 22.4. The molecule has 1 aromatic rings.